The number of Topliss-reactive ketones (excluding diaryl/α,β-unsaturated/α-hetero) is 1. The van der Waals surface area contributed by atoms with E-state index >= 15 is 0 Å². The third-order valence-electron chi connectivity index (χ3n) is 6.38. The third-order valence-corrected chi connectivity index (χ3v) is 7.48. The molecule has 0 aliphatic heterocycles. The molecule has 0 radical (unpaired) electrons. The minimum absolute atomic E-state index is 0.148. The lowest BCUT2D eigenvalue weighted by Gasteiger charge is -2.25. The highest BCUT2D eigenvalue weighted by molar-refractivity contribution is 7.98. The van der Waals surface area contributed by atoms with Crippen LogP contribution < -0.4 is 4.74 Å². The van der Waals surface area contributed by atoms with Crippen LogP contribution in [0.5, 0.6) is 5.75 Å². The van der Waals surface area contributed by atoms with Gasteiger partial charge in [0, 0.05) is 47.0 Å². The van der Waals surface area contributed by atoms with Gasteiger partial charge in [0.05, 0.1) is 5.56 Å². The van der Waals surface area contributed by atoms with Gasteiger partial charge in [0.25, 0.3) is 0 Å². The summed E-state index contributed by atoms with van der Waals surface area (Å²) in [5.41, 5.74) is 4.00. The molecule has 0 unspecified atom stereocenters. The first-order valence-electron chi connectivity index (χ1n) is 11.9. The zero-order chi connectivity index (χ0) is 24.9. The van der Waals surface area contributed by atoms with Gasteiger partial charge in [-0.05, 0) is 48.2 Å². The lowest BCUT2D eigenvalue weighted by Crippen LogP contribution is -2.17. The van der Waals surface area contributed by atoms with Crippen LogP contribution in [0.2, 0.25) is 0 Å². The smallest absolute Gasteiger partial charge is 0.336 e. The molecule has 7 heteroatoms. The molecule has 0 bridgehead atoms. The molecule has 182 valence electrons. The third kappa shape index (κ3) is 5.21. The number of imidazole rings is 1. The van der Waals surface area contributed by atoms with Crippen LogP contribution in [0.3, 0.4) is 0 Å². The van der Waals surface area contributed by atoms with E-state index in [0.717, 1.165) is 40.9 Å². The van der Waals surface area contributed by atoms with Crippen molar-refractivity contribution in [1.29, 1.82) is 0 Å². The van der Waals surface area contributed by atoms with E-state index in [9.17, 15) is 14.7 Å². The van der Waals surface area contributed by atoms with Crippen molar-refractivity contribution in [2.75, 3.05) is 0 Å². The van der Waals surface area contributed by atoms with E-state index in [4.69, 9.17) is 4.74 Å². The fourth-order valence-electron chi connectivity index (χ4n) is 4.60. The number of carboxylic acids is 1. The number of ketones is 1. The molecule has 1 heterocycles. The summed E-state index contributed by atoms with van der Waals surface area (Å²) >= 11 is 1.45. The van der Waals surface area contributed by atoms with Crippen LogP contribution in [-0.4, -0.2) is 26.8 Å². The van der Waals surface area contributed by atoms with Crippen molar-refractivity contribution in [3.8, 4) is 5.75 Å². The topological polar surface area (TPSA) is 92.3 Å². The first-order valence-corrected chi connectivity index (χ1v) is 12.9. The number of carbonyl (C=O) groups excluding carboxylic acids is 1. The molecule has 0 fully saturated rings. The predicted molar refractivity (Wildman–Crippen MR) is 139 cm³/mol. The molecule has 0 saturated carbocycles. The Kier molecular flexibility index (Phi) is 7.18. The van der Waals surface area contributed by atoms with Crippen molar-refractivity contribution in [3.63, 3.8) is 0 Å². The van der Waals surface area contributed by atoms with Crippen LogP contribution in [0.15, 0.2) is 84.0 Å². The number of fused-ring (bicyclic) bond motifs is 1. The molecule has 4 aromatic rings. The highest BCUT2D eigenvalue weighted by Gasteiger charge is 2.25. The predicted octanol–water partition coefficient (Wildman–Crippen LogP) is 6.28. The van der Waals surface area contributed by atoms with Crippen molar-refractivity contribution in [2.24, 2.45) is 0 Å². The van der Waals surface area contributed by atoms with Gasteiger partial charge in [0.15, 0.2) is 5.78 Å². The van der Waals surface area contributed by atoms with Crippen molar-refractivity contribution in [1.82, 2.24) is 9.97 Å². The second-order valence-corrected chi connectivity index (χ2v) is 9.71. The van der Waals surface area contributed by atoms with Crippen LogP contribution in [-0.2, 0) is 18.6 Å². The van der Waals surface area contributed by atoms with Crippen molar-refractivity contribution >= 4 is 23.5 Å². The molecular weight excluding hydrogens is 472 g/mol. The Morgan fingerprint density at radius 3 is 2.64 bits per heavy atom. The average molecular weight is 499 g/mol. The standard InChI is InChI=1S/C29H26N2O4S/c32-24-11-6-10-20-21(24)13-14-25(23(20)18-36-27-12-5-4-9-22(27)29(33)34)35-26(17-28-30-15-16-31-28)19-7-2-1-3-8-19/h1-5,7-9,12-16,26H,6,10-11,17-18H2,(H,30,31)(H,33,34)/t26-/m0/s1. The Hall–Kier alpha value is -3.84. The van der Waals surface area contributed by atoms with Gasteiger partial charge in [-0.25, -0.2) is 9.78 Å². The van der Waals surface area contributed by atoms with E-state index in [-0.39, 0.29) is 17.5 Å². The van der Waals surface area contributed by atoms with E-state index in [1.165, 1.54) is 11.8 Å². The number of aromatic carboxylic acids is 1. The maximum atomic E-state index is 12.7. The molecule has 1 atom stereocenters. The number of nitrogens with zero attached hydrogens (tertiary/aromatic N) is 1. The summed E-state index contributed by atoms with van der Waals surface area (Å²) in [5, 5.41) is 9.62. The Balaban J connectivity index is 1.52. The summed E-state index contributed by atoms with van der Waals surface area (Å²) in [5.74, 6) is 1.23. The van der Waals surface area contributed by atoms with E-state index in [2.05, 4.69) is 9.97 Å². The lowest BCUT2D eigenvalue weighted by molar-refractivity contribution is 0.0693. The zero-order valence-electron chi connectivity index (χ0n) is 19.6. The number of thioether (sulfide) groups is 1. The molecule has 1 aromatic heterocycles. The normalized spacial score (nSPS) is 13.7. The summed E-state index contributed by atoms with van der Waals surface area (Å²) < 4.78 is 6.67. The number of carbonyl (C=O) groups is 2. The van der Waals surface area contributed by atoms with Gasteiger partial charge in [-0.1, -0.05) is 42.5 Å². The molecule has 3 aromatic carbocycles. The largest absolute Gasteiger partial charge is 0.485 e. The van der Waals surface area contributed by atoms with Gasteiger partial charge < -0.3 is 14.8 Å². The SMILES string of the molecule is O=C(O)c1ccccc1SCc1c(O[C@@H](Cc2ncc[nH]2)c2ccccc2)ccc2c1CCCC2=O. The number of ether oxygens (including phenoxy) is 1. The number of rotatable bonds is 9. The quantitative estimate of drug-likeness (QED) is 0.264. The molecule has 1 aliphatic rings. The minimum Gasteiger partial charge on any atom is -0.485 e. The summed E-state index contributed by atoms with van der Waals surface area (Å²) in [4.78, 5) is 32.7. The maximum absolute atomic E-state index is 12.7. The summed E-state index contributed by atoms with van der Waals surface area (Å²) in [7, 11) is 0. The van der Waals surface area contributed by atoms with Crippen LogP contribution in [0, 0.1) is 0 Å². The highest BCUT2D eigenvalue weighted by atomic mass is 32.2. The first kappa shape index (κ1) is 23.9. The second kappa shape index (κ2) is 10.8. The molecule has 2 N–H and O–H groups in total. The molecule has 1 aliphatic carbocycles. The number of aromatic amines is 1. The van der Waals surface area contributed by atoms with E-state index < -0.39 is 5.97 Å². The number of nitrogens with one attached hydrogen (secondary N) is 1. The van der Waals surface area contributed by atoms with E-state index in [1.807, 2.05) is 54.6 Å². The summed E-state index contributed by atoms with van der Waals surface area (Å²) in [6.07, 6.45) is 5.93. The van der Waals surface area contributed by atoms with Crippen molar-refractivity contribution in [3.05, 3.63) is 113 Å². The number of H-pyrrole nitrogens is 1. The lowest BCUT2D eigenvalue weighted by atomic mass is 9.87. The number of benzene rings is 3. The van der Waals surface area contributed by atoms with Gasteiger partial charge in [0.1, 0.15) is 17.7 Å². The van der Waals surface area contributed by atoms with Gasteiger partial charge in [0.2, 0.25) is 0 Å². The first-order chi connectivity index (χ1) is 17.6. The highest BCUT2D eigenvalue weighted by Crippen LogP contribution is 2.38. The van der Waals surface area contributed by atoms with Crippen LogP contribution in [0.25, 0.3) is 0 Å². The Morgan fingerprint density at radius 1 is 1.06 bits per heavy atom. The molecular formula is C29H26N2O4S. The van der Waals surface area contributed by atoms with Crippen LogP contribution in [0.1, 0.15) is 62.2 Å². The second-order valence-electron chi connectivity index (χ2n) is 8.69. The van der Waals surface area contributed by atoms with Gasteiger partial charge in [-0.2, -0.15) is 0 Å². The maximum Gasteiger partial charge on any atom is 0.336 e. The summed E-state index contributed by atoms with van der Waals surface area (Å²) in [6.45, 7) is 0. The van der Waals surface area contributed by atoms with Crippen LogP contribution in [0.4, 0.5) is 0 Å². The molecule has 0 amide bonds. The van der Waals surface area contributed by atoms with E-state index in [1.54, 1.807) is 24.5 Å². The summed E-state index contributed by atoms with van der Waals surface area (Å²) in [6, 6.07) is 20.8. The minimum atomic E-state index is -0.956. The van der Waals surface area contributed by atoms with Crippen molar-refractivity contribution in [2.45, 2.75) is 42.4 Å². The van der Waals surface area contributed by atoms with Gasteiger partial charge in [-0.3, -0.25) is 4.79 Å². The number of hydrogen-bond acceptors (Lipinski definition) is 5. The Morgan fingerprint density at radius 2 is 1.86 bits per heavy atom. The monoisotopic (exact) mass is 498 g/mol. The Labute approximate surface area is 213 Å². The molecule has 0 spiro atoms. The zero-order valence-corrected chi connectivity index (χ0v) is 20.5. The molecule has 0 saturated heterocycles. The number of hydrogen-bond donors (Lipinski definition) is 2. The number of carboxylic acid groups (broad SMARTS) is 1. The Bertz CT molecular complexity index is 1370. The number of aromatic nitrogens is 2. The van der Waals surface area contributed by atoms with Crippen molar-refractivity contribution < 1.29 is 19.4 Å². The fourth-order valence-corrected chi connectivity index (χ4v) is 5.70. The molecule has 6 nitrogen and oxygen atoms in total. The fraction of sp³-hybridized carbons (Fsp3) is 0.207. The molecule has 5 rings (SSSR count). The van der Waals surface area contributed by atoms with Crippen LogP contribution >= 0.6 is 11.8 Å². The van der Waals surface area contributed by atoms with Gasteiger partial charge >= 0.3 is 5.97 Å². The van der Waals surface area contributed by atoms with E-state index in [0.29, 0.717) is 29.2 Å². The average Bonchev–Trinajstić information content (AvgIpc) is 3.41. The molecule has 36 heavy (non-hydrogen) atoms. The van der Waals surface area contributed by atoms with Gasteiger partial charge in [-0.15, -0.1) is 11.8 Å².